The molecule has 0 fully saturated rings. The van der Waals surface area contributed by atoms with Gasteiger partial charge in [-0.05, 0) is 30.7 Å². The van der Waals surface area contributed by atoms with E-state index >= 15 is 0 Å². The van der Waals surface area contributed by atoms with Gasteiger partial charge in [-0.15, -0.1) is 0 Å². The maximum absolute atomic E-state index is 13.8. The second-order valence-corrected chi connectivity index (χ2v) is 4.82. The van der Waals surface area contributed by atoms with Gasteiger partial charge in [-0.25, -0.2) is 8.78 Å². The van der Waals surface area contributed by atoms with Crippen molar-refractivity contribution in [1.82, 2.24) is 0 Å². The van der Waals surface area contributed by atoms with E-state index in [4.69, 9.17) is 16.3 Å². The summed E-state index contributed by atoms with van der Waals surface area (Å²) in [6.45, 7) is 1.50. The number of halogens is 3. The molecule has 106 valence electrons. The average Bonchev–Trinajstić information content (AvgIpc) is 2.42. The Labute approximate surface area is 120 Å². The first-order valence-corrected chi connectivity index (χ1v) is 6.29. The molecule has 20 heavy (non-hydrogen) atoms. The first-order valence-electron chi connectivity index (χ1n) is 5.91. The van der Waals surface area contributed by atoms with Gasteiger partial charge in [-0.1, -0.05) is 17.7 Å². The van der Waals surface area contributed by atoms with Crippen LogP contribution in [0.25, 0.3) is 0 Å². The van der Waals surface area contributed by atoms with Crippen LogP contribution in [0, 0.1) is 18.6 Å². The zero-order valence-corrected chi connectivity index (χ0v) is 11.7. The predicted octanol–water partition coefficient (Wildman–Crippen LogP) is 4.02. The molecule has 0 saturated heterocycles. The fraction of sp³-hybridized carbons (Fsp3) is 0.200. The highest BCUT2D eigenvalue weighted by Gasteiger charge is 2.19. The van der Waals surface area contributed by atoms with Gasteiger partial charge >= 0.3 is 0 Å². The van der Waals surface area contributed by atoms with Crippen molar-refractivity contribution in [2.24, 2.45) is 0 Å². The molecule has 0 aliphatic carbocycles. The van der Waals surface area contributed by atoms with Crippen molar-refractivity contribution >= 4 is 11.6 Å². The lowest BCUT2D eigenvalue weighted by atomic mass is 9.99. The summed E-state index contributed by atoms with van der Waals surface area (Å²) in [7, 11) is 1.49. The van der Waals surface area contributed by atoms with Crippen LogP contribution in [0.3, 0.4) is 0 Å². The molecule has 1 atom stereocenters. The highest BCUT2D eigenvalue weighted by molar-refractivity contribution is 6.31. The minimum atomic E-state index is -1.27. The van der Waals surface area contributed by atoms with Gasteiger partial charge in [0.1, 0.15) is 23.5 Å². The van der Waals surface area contributed by atoms with Crippen LogP contribution in [0.2, 0.25) is 5.02 Å². The molecule has 2 rings (SSSR count). The predicted molar refractivity (Wildman–Crippen MR) is 73.2 cm³/mol. The maximum atomic E-state index is 13.8. The number of rotatable bonds is 3. The average molecular weight is 299 g/mol. The smallest absolute Gasteiger partial charge is 0.132 e. The van der Waals surface area contributed by atoms with E-state index in [2.05, 4.69) is 0 Å². The van der Waals surface area contributed by atoms with Crippen molar-refractivity contribution in [1.29, 1.82) is 0 Å². The van der Waals surface area contributed by atoms with E-state index in [1.807, 2.05) is 0 Å². The van der Waals surface area contributed by atoms with Gasteiger partial charge in [0.2, 0.25) is 0 Å². The van der Waals surface area contributed by atoms with Crippen molar-refractivity contribution in [3.63, 3.8) is 0 Å². The summed E-state index contributed by atoms with van der Waals surface area (Å²) in [5, 5.41) is 10.5. The fourth-order valence-corrected chi connectivity index (χ4v) is 2.19. The Bertz CT molecular complexity index is 644. The topological polar surface area (TPSA) is 29.5 Å². The second kappa shape index (κ2) is 5.77. The lowest BCUT2D eigenvalue weighted by Gasteiger charge is -2.15. The number of methoxy groups -OCH3 is 1. The summed E-state index contributed by atoms with van der Waals surface area (Å²) in [6, 6.07) is 6.71. The van der Waals surface area contributed by atoms with Crippen LogP contribution in [0.15, 0.2) is 30.3 Å². The van der Waals surface area contributed by atoms with Gasteiger partial charge in [0.05, 0.1) is 12.1 Å². The molecule has 0 bridgehead atoms. The van der Waals surface area contributed by atoms with Crippen LogP contribution in [-0.2, 0) is 0 Å². The lowest BCUT2D eigenvalue weighted by Crippen LogP contribution is -2.05. The molecule has 1 N–H and O–H groups in total. The SMILES string of the molecule is COc1ccc(C(O)c2cc(C)c(F)cc2F)c(Cl)c1. The molecule has 0 aromatic heterocycles. The van der Waals surface area contributed by atoms with E-state index in [1.54, 1.807) is 12.1 Å². The van der Waals surface area contributed by atoms with Crippen molar-refractivity contribution in [2.45, 2.75) is 13.0 Å². The molecule has 2 aromatic carbocycles. The molecular formula is C15H13ClF2O2. The van der Waals surface area contributed by atoms with Crippen molar-refractivity contribution in [3.8, 4) is 5.75 Å². The van der Waals surface area contributed by atoms with Crippen molar-refractivity contribution in [3.05, 3.63) is 63.7 Å². The molecule has 0 saturated carbocycles. The monoisotopic (exact) mass is 298 g/mol. The summed E-state index contributed by atoms with van der Waals surface area (Å²) in [5.74, 6) is -0.937. The largest absolute Gasteiger partial charge is 0.497 e. The minimum absolute atomic E-state index is 0.0176. The van der Waals surface area contributed by atoms with E-state index in [0.29, 0.717) is 11.3 Å². The van der Waals surface area contributed by atoms with E-state index in [-0.39, 0.29) is 16.1 Å². The molecule has 0 spiro atoms. The maximum Gasteiger partial charge on any atom is 0.132 e. The summed E-state index contributed by atoms with van der Waals surface area (Å²) < 4.78 is 32.0. The van der Waals surface area contributed by atoms with Crippen LogP contribution in [-0.4, -0.2) is 12.2 Å². The normalized spacial score (nSPS) is 12.3. The van der Waals surface area contributed by atoms with Crippen LogP contribution < -0.4 is 4.74 Å². The van der Waals surface area contributed by atoms with Crippen molar-refractivity contribution in [2.75, 3.05) is 7.11 Å². The van der Waals surface area contributed by atoms with Gasteiger partial charge in [0, 0.05) is 17.2 Å². The zero-order chi connectivity index (χ0) is 14.9. The van der Waals surface area contributed by atoms with Crippen LogP contribution in [0.4, 0.5) is 8.78 Å². The van der Waals surface area contributed by atoms with Gasteiger partial charge in [-0.2, -0.15) is 0 Å². The molecule has 1 unspecified atom stereocenters. The zero-order valence-electron chi connectivity index (χ0n) is 11.0. The summed E-state index contributed by atoms with van der Waals surface area (Å²) in [4.78, 5) is 0. The Morgan fingerprint density at radius 1 is 1.10 bits per heavy atom. The molecule has 2 aromatic rings. The highest BCUT2D eigenvalue weighted by atomic mass is 35.5. The minimum Gasteiger partial charge on any atom is -0.497 e. The van der Waals surface area contributed by atoms with E-state index in [9.17, 15) is 13.9 Å². The summed E-state index contributed by atoms with van der Waals surface area (Å²) in [5.41, 5.74) is 0.568. The first kappa shape index (κ1) is 14.8. The molecule has 0 radical (unpaired) electrons. The Morgan fingerprint density at radius 3 is 2.40 bits per heavy atom. The number of aliphatic hydroxyl groups is 1. The van der Waals surface area contributed by atoms with Crippen LogP contribution >= 0.6 is 11.6 Å². The quantitative estimate of drug-likeness (QED) is 0.927. The standard InChI is InChI=1S/C15H13ClF2O2/c1-8-5-11(14(18)7-13(8)17)15(19)10-4-3-9(20-2)6-12(10)16/h3-7,15,19H,1-2H3. The Morgan fingerprint density at radius 2 is 1.80 bits per heavy atom. The third-order valence-corrected chi connectivity index (χ3v) is 3.40. The van der Waals surface area contributed by atoms with E-state index in [0.717, 1.165) is 6.07 Å². The van der Waals surface area contributed by atoms with Crippen LogP contribution in [0.5, 0.6) is 5.75 Å². The molecule has 5 heteroatoms. The van der Waals surface area contributed by atoms with Gasteiger partial charge < -0.3 is 9.84 Å². The third kappa shape index (κ3) is 2.76. The molecule has 0 heterocycles. The highest BCUT2D eigenvalue weighted by Crippen LogP contribution is 2.32. The Kier molecular flexibility index (Phi) is 4.26. The number of aryl methyl sites for hydroxylation is 1. The summed E-state index contributed by atoms with van der Waals surface area (Å²) in [6.07, 6.45) is -1.27. The molecule has 0 aliphatic heterocycles. The molecule has 0 amide bonds. The van der Waals surface area contributed by atoms with Gasteiger partial charge in [0.25, 0.3) is 0 Å². The number of hydrogen-bond donors (Lipinski definition) is 1. The number of aliphatic hydroxyl groups excluding tert-OH is 1. The molecule has 2 nitrogen and oxygen atoms in total. The van der Waals surface area contributed by atoms with Crippen molar-refractivity contribution < 1.29 is 18.6 Å². The molecule has 0 aliphatic rings. The Balaban J connectivity index is 2.46. The van der Waals surface area contributed by atoms with Crippen LogP contribution in [0.1, 0.15) is 22.8 Å². The number of ether oxygens (including phenoxy) is 1. The second-order valence-electron chi connectivity index (χ2n) is 4.41. The van der Waals surface area contributed by atoms with Gasteiger partial charge in [-0.3, -0.25) is 0 Å². The number of hydrogen-bond acceptors (Lipinski definition) is 2. The van der Waals surface area contributed by atoms with E-state index < -0.39 is 17.7 Å². The lowest BCUT2D eigenvalue weighted by molar-refractivity contribution is 0.214. The third-order valence-electron chi connectivity index (χ3n) is 3.07. The Hall–Kier alpha value is -1.65. The molecular weight excluding hydrogens is 286 g/mol. The number of benzene rings is 2. The first-order chi connectivity index (χ1) is 9.43. The van der Waals surface area contributed by atoms with Gasteiger partial charge in [0.15, 0.2) is 0 Å². The van der Waals surface area contributed by atoms with E-state index in [1.165, 1.54) is 26.2 Å². The fourth-order valence-electron chi connectivity index (χ4n) is 1.91. The summed E-state index contributed by atoms with van der Waals surface area (Å²) >= 11 is 6.04.